The molecule has 2 rings (SSSR count). The van der Waals surface area contributed by atoms with Crippen LogP contribution in [0.5, 0.6) is 5.75 Å². The van der Waals surface area contributed by atoms with Gasteiger partial charge in [0.15, 0.2) is 0 Å². The standard InChI is InChI=1S/C14H11ClO3/c1-18-11-4-2-3-9(7-11)10-5-6-12(14(16)17)13(15)8-10/h2-8H,1H3,(H,16,17). The van der Waals surface area contributed by atoms with Crippen LogP contribution in [0.15, 0.2) is 42.5 Å². The van der Waals surface area contributed by atoms with Gasteiger partial charge in [-0.2, -0.15) is 0 Å². The number of methoxy groups -OCH3 is 1. The Balaban J connectivity index is 2.45. The Morgan fingerprint density at radius 3 is 2.50 bits per heavy atom. The molecule has 0 aliphatic heterocycles. The second-order valence-electron chi connectivity index (χ2n) is 3.73. The molecule has 0 aliphatic rings. The maximum atomic E-state index is 10.9. The number of carboxylic acid groups (broad SMARTS) is 1. The second kappa shape index (κ2) is 5.10. The molecule has 1 N–H and O–H groups in total. The Morgan fingerprint density at radius 1 is 1.17 bits per heavy atom. The average Bonchev–Trinajstić information content (AvgIpc) is 2.38. The highest BCUT2D eigenvalue weighted by Crippen LogP contribution is 2.28. The van der Waals surface area contributed by atoms with Gasteiger partial charge in [-0.25, -0.2) is 4.79 Å². The van der Waals surface area contributed by atoms with Crippen molar-refractivity contribution in [2.45, 2.75) is 0 Å². The van der Waals surface area contributed by atoms with Crippen LogP contribution in [-0.4, -0.2) is 18.2 Å². The molecular weight excluding hydrogens is 252 g/mol. The number of carbonyl (C=O) groups is 1. The van der Waals surface area contributed by atoms with E-state index in [1.807, 2.05) is 24.3 Å². The lowest BCUT2D eigenvalue weighted by atomic mass is 10.0. The lowest BCUT2D eigenvalue weighted by Gasteiger charge is -2.06. The van der Waals surface area contributed by atoms with Crippen LogP contribution in [0.25, 0.3) is 11.1 Å². The van der Waals surface area contributed by atoms with Crippen LogP contribution in [0.1, 0.15) is 10.4 Å². The minimum atomic E-state index is -1.03. The third-order valence-corrected chi connectivity index (χ3v) is 2.92. The summed E-state index contributed by atoms with van der Waals surface area (Å²) in [6.45, 7) is 0. The van der Waals surface area contributed by atoms with Crippen LogP contribution in [0.4, 0.5) is 0 Å². The average molecular weight is 263 g/mol. The molecule has 0 aliphatic carbocycles. The molecule has 3 nitrogen and oxygen atoms in total. The zero-order valence-electron chi connectivity index (χ0n) is 9.68. The van der Waals surface area contributed by atoms with Crippen LogP contribution in [0.3, 0.4) is 0 Å². The van der Waals surface area contributed by atoms with E-state index in [1.54, 1.807) is 19.2 Å². The van der Waals surface area contributed by atoms with Crippen molar-refractivity contribution in [2.24, 2.45) is 0 Å². The maximum absolute atomic E-state index is 10.9. The summed E-state index contributed by atoms with van der Waals surface area (Å²) in [5.74, 6) is -0.289. The summed E-state index contributed by atoms with van der Waals surface area (Å²) >= 11 is 5.94. The molecule has 2 aromatic rings. The highest BCUT2D eigenvalue weighted by molar-refractivity contribution is 6.33. The fraction of sp³-hybridized carbons (Fsp3) is 0.0714. The normalized spacial score (nSPS) is 10.1. The summed E-state index contributed by atoms with van der Waals surface area (Å²) in [6, 6.07) is 12.4. The smallest absolute Gasteiger partial charge is 0.337 e. The van der Waals surface area contributed by atoms with E-state index in [0.29, 0.717) is 0 Å². The topological polar surface area (TPSA) is 46.5 Å². The van der Waals surface area contributed by atoms with Crippen LogP contribution >= 0.6 is 11.6 Å². The Bertz CT molecular complexity index is 593. The van der Waals surface area contributed by atoms with E-state index in [9.17, 15) is 4.79 Å². The van der Waals surface area contributed by atoms with Crippen molar-refractivity contribution in [1.82, 2.24) is 0 Å². The minimum Gasteiger partial charge on any atom is -0.497 e. The van der Waals surface area contributed by atoms with Gasteiger partial charge in [0.2, 0.25) is 0 Å². The van der Waals surface area contributed by atoms with Crippen molar-refractivity contribution in [2.75, 3.05) is 7.11 Å². The highest BCUT2D eigenvalue weighted by atomic mass is 35.5. The molecular formula is C14H11ClO3. The van der Waals surface area contributed by atoms with Gasteiger partial charge in [-0.3, -0.25) is 0 Å². The lowest BCUT2D eigenvalue weighted by Crippen LogP contribution is -1.97. The van der Waals surface area contributed by atoms with Gasteiger partial charge in [0, 0.05) is 0 Å². The molecule has 0 aromatic heterocycles. The number of ether oxygens (including phenoxy) is 1. The van der Waals surface area contributed by atoms with Crippen LogP contribution < -0.4 is 4.74 Å². The first-order valence-corrected chi connectivity index (χ1v) is 5.67. The number of halogens is 1. The van der Waals surface area contributed by atoms with Crippen molar-refractivity contribution < 1.29 is 14.6 Å². The summed E-state index contributed by atoms with van der Waals surface area (Å²) in [4.78, 5) is 10.9. The first kappa shape index (κ1) is 12.5. The zero-order valence-corrected chi connectivity index (χ0v) is 10.4. The monoisotopic (exact) mass is 262 g/mol. The van der Waals surface area contributed by atoms with Gasteiger partial charge < -0.3 is 9.84 Å². The second-order valence-corrected chi connectivity index (χ2v) is 4.14. The van der Waals surface area contributed by atoms with Crippen molar-refractivity contribution in [3.8, 4) is 16.9 Å². The maximum Gasteiger partial charge on any atom is 0.337 e. The Labute approximate surface area is 110 Å². The van der Waals surface area contributed by atoms with Crippen molar-refractivity contribution in [3.05, 3.63) is 53.1 Å². The summed E-state index contributed by atoms with van der Waals surface area (Å²) in [5, 5.41) is 9.13. The molecule has 0 amide bonds. The molecule has 0 fully saturated rings. The third-order valence-electron chi connectivity index (χ3n) is 2.60. The molecule has 18 heavy (non-hydrogen) atoms. The first-order chi connectivity index (χ1) is 8.61. The third kappa shape index (κ3) is 2.46. The van der Waals surface area contributed by atoms with Crippen molar-refractivity contribution in [1.29, 1.82) is 0 Å². The summed E-state index contributed by atoms with van der Waals surface area (Å²) in [6.07, 6.45) is 0. The van der Waals surface area contributed by atoms with Gasteiger partial charge in [0.25, 0.3) is 0 Å². The Kier molecular flexibility index (Phi) is 3.53. The fourth-order valence-electron chi connectivity index (χ4n) is 1.67. The molecule has 2 aromatic carbocycles. The van der Waals surface area contributed by atoms with Crippen LogP contribution in [0.2, 0.25) is 5.02 Å². The number of benzene rings is 2. The molecule has 4 heteroatoms. The molecule has 0 unspecified atom stereocenters. The van der Waals surface area contributed by atoms with Crippen LogP contribution in [-0.2, 0) is 0 Å². The molecule has 0 spiro atoms. The number of aromatic carboxylic acids is 1. The van der Waals surface area contributed by atoms with E-state index in [2.05, 4.69) is 0 Å². The first-order valence-electron chi connectivity index (χ1n) is 5.29. The van der Waals surface area contributed by atoms with Gasteiger partial charge in [-0.05, 0) is 35.4 Å². The SMILES string of the molecule is COc1cccc(-c2ccc(C(=O)O)c(Cl)c2)c1. The Hall–Kier alpha value is -2.00. The Morgan fingerprint density at radius 2 is 1.89 bits per heavy atom. The van der Waals surface area contributed by atoms with Gasteiger partial charge in [-0.15, -0.1) is 0 Å². The highest BCUT2D eigenvalue weighted by Gasteiger charge is 2.09. The number of rotatable bonds is 3. The molecule has 0 heterocycles. The van der Waals surface area contributed by atoms with E-state index in [4.69, 9.17) is 21.4 Å². The zero-order chi connectivity index (χ0) is 13.1. The molecule has 0 radical (unpaired) electrons. The summed E-state index contributed by atoms with van der Waals surface area (Å²) < 4.78 is 5.14. The van der Waals surface area contributed by atoms with Crippen molar-refractivity contribution >= 4 is 17.6 Å². The number of hydrogen-bond acceptors (Lipinski definition) is 2. The summed E-state index contributed by atoms with van der Waals surface area (Å²) in [5.41, 5.74) is 1.88. The van der Waals surface area contributed by atoms with Gasteiger partial charge >= 0.3 is 5.97 Å². The van der Waals surface area contributed by atoms with Crippen LogP contribution in [0, 0.1) is 0 Å². The predicted octanol–water partition coefficient (Wildman–Crippen LogP) is 3.71. The van der Waals surface area contributed by atoms with E-state index >= 15 is 0 Å². The summed E-state index contributed by atoms with van der Waals surface area (Å²) in [7, 11) is 1.60. The van der Waals surface area contributed by atoms with Gasteiger partial charge in [0.1, 0.15) is 5.75 Å². The van der Waals surface area contributed by atoms with Gasteiger partial charge in [0.05, 0.1) is 17.7 Å². The van der Waals surface area contributed by atoms with E-state index in [0.717, 1.165) is 16.9 Å². The number of carboxylic acids is 1. The lowest BCUT2D eigenvalue weighted by molar-refractivity contribution is 0.0697. The van der Waals surface area contributed by atoms with E-state index < -0.39 is 5.97 Å². The predicted molar refractivity (Wildman–Crippen MR) is 70.4 cm³/mol. The van der Waals surface area contributed by atoms with E-state index in [-0.39, 0.29) is 10.6 Å². The molecule has 0 saturated heterocycles. The molecule has 0 bridgehead atoms. The minimum absolute atomic E-state index is 0.100. The molecule has 0 saturated carbocycles. The van der Waals surface area contributed by atoms with Gasteiger partial charge in [-0.1, -0.05) is 29.8 Å². The quantitative estimate of drug-likeness (QED) is 0.917. The van der Waals surface area contributed by atoms with Crippen molar-refractivity contribution in [3.63, 3.8) is 0 Å². The largest absolute Gasteiger partial charge is 0.497 e. The fourth-order valence-corrected chi connectivity index (χ4v) is 1.93. The van der Waals surface area contributed by atoms with E-state index in [1.165, 1.54) is 6.07 Å². The number of hydrogen-bond donors (Lipinski definition) is 1. The molecule has 92 valence electrons. The molecule has 0 atom stereocenters.